The van der Waals surface area contributed by atoms with Crippen molar-refractivity contribution in [3.05, 3.63) is 0 Å². The van der Waals surface area contributed by atoms with E-state index in [4.69, 9.17) is 0 Å². The third-order valence-electron chi connectivity index (χ3n) is 3.83. The molecule has 0 aliphatic carbocycles. The maximum absolute atomic E-state index is 12.2. The zero-order chi connectivity index (χ0) is 13.2. The minimum Gasteiger partial charge on any atom is -0.480 e. The van der Waals surface area contributed by atoms with Gasteiger partial charge in [-0.25, -0.2) is 9.59 Å². The number of amides is 2. The van der Waals surface area contributed by atoms with Crippen LogP contribution in [0.25, 0.3) is 0 Å². The number of carbonyl (C=O) groups is 2. The fourth-order valence-corrected chi connectivity index (χ4v) is 3.69. The largest absolute Gasteiger partial charge is 0.480 e. The van der Waals surface area contributed by atoms with E-state index < -0.39 is 11.5 Å². The van der Waals surface area contributed by atoms with Gasteiger partial charge in [0.25, 0.3) is 0 Å². The van der Waals surface area contributed by atoms with Crippen molar-refractivity contribution < 1.29 is 14.7 Å². The highest BCUT2D eigenvalue weighted by Gasteiger charge is 2.46. The summed E-state index contributed by atoms with van der Waals surface area (Å²) in [7, 11) is 0. The minimum absolute atomic E-state index is 0.190. The molecule has 18 heavy (non-hydrogen) atoms. The number of carboxylic acid groups (broad SMARTS) is 1. The number of rotatable bonds is 2. The van der Waals surface area contributed by atoms with Crippen LogP contribution in [-0.4, -0.2) is 51.6 Å². The second-order valence-corrected chi connectivity index (χ2v) is 6.35. The second-order valence-electron chi connectivity index (χ2n) is 5.20. The SMILES string of the molecule is CC1(C(=O)O)CCCN1C(=O)NC1CCCSC1. The molecule has 0 aromatic carbocycles. The molecule has 0 aromatic rings. The van der Waals surface area contributed by atoms with Gasteiger partial charge < -0.3 is 15.3 Å². The monoisotopic (exact) mass is 272 g/mol. The van der Waals surface area contributed by atoms with Gasteiger partial charge in [-0.05, 0) is 38.4 Å². The average molecular weight is 272 g/mol. The lowest BCUT2D eigenvalue weighted by atomic mass is 10.00. The van der Waals surface area contributed by atoms with Crippen LogP contribution in [0.4, 0.5) is 4.79 Å². The number of aliphatic carboxylic acids is 1. The quantitative estimate of drug-likeness (QED) is 0.800. The minimum atomic E-state index is -1.04. The van der Waals surface area contributed by atoms with Gasteiger partial charge >= 0.3 is 12.0 Å². The molecule has 2 aliphatic heterocycles. The maximum Gasteiger partial charge on any atom is 0.329 e. The second kappa shape index (κ2) is 5.38. The molecule has 2 atom stereocenters. The molecule has 2 amide bonds. The molecule has 6 heteroatoms. The summed E-state index contributed by atoms with van der Waals surface area (Å²) in [5.41, 5.74) is -1.04. The van der Waals surface area contributed by atoms with Crippen molar-refractivity contribution in [2.75, 3.05) is 18.1 Å². The van der Waals surface area contributed by atoms with Gasteiger partial charge in [-0.1, -0.05) is 0 Å². The normalized spacial score (nSPS) is 32.3. The van der Waals surface area contributed by atoms with Gasteiger partial charge in [-0.15, -0.1) is 0 Å². The summed E-state index contributed by atoms with van der Waals surface area (Å²) in [5.74, 6) is 1.18. The summed E-state index contributed by atoms with van der Waals surface area (Å²) in [5, 5.41) is 12.2. The Morgan fingerprint density at radius 3 is 2.83 bits per heavy atom. The van der Waals surface area contributed by atoms with Gasteiger partial charge in [-0.3, -0.25) is 0 Å². The highest BCUT2D eigenvalue weighted by molar-refractivity contribution is 7.99. The summed E-state index contributed by atoms with van der Waals surface area (Å²) in [6.07, 6.45) is 3.41. The first-order valence-electron chi connectivity index (χ1n) is 6.43. The number of urea groups is 1. The Hall–Kier alpha value is -0.910. The smallest absolute Gasteiger partial charge is 0.329 e. The molecule has 2 aliphatic rings. The number of nitrogens with zero attached hydrogens (tertiary/aromatic N) is 1. The van der Waals surface area contributed by atoms with E-state index in [0.717, 1.165) is 30.8 Å². The predicted molar refractivity (Wildman–Crippen MR) is 70.9 cm³/mol. The van der Waals surface area contributed by atoms with Crippen LogP contribution in [0, 0.1) is 0 Å². The van der Waals surface area contributed by atoms with Gasteiger partial charge in [-0.2, -0.15) is 11.8 Å². The Labute approximate surface area is 111 Å². The van der Waals surface area contributed by atoms with E-state index in [1.54, 1.807) is 6.92 Å². The van der Waals surface area contributed by atoms with Gasteiger partial charge in [0.15, 0.2) is 0 Å². The predicted octanol–water partition coefficient (Wildman–Crippen LogP) is 1.53. The van der Waals surface area contributed by atoms with E-state index in [0.29, 0.717) is 13.0 Å². The fraction of sp³-hybridized carbons (Fsp3) is 0.833. The van der Waals surface area contributed by atoms with E-state index in [-0.39, 0.29) is 12.1 Å². The van der Waals surface area contributed by atoms with Crippen LogP contribution in [0.5, 0.6) is 0 Å². The van der Waals surface area contributed by atoms with Crippen molar-refractivity contribution in [2.24, 2.45) is 0 Å². The van der Waals surface area contributed by atoms with Crippen molar-refractivity contribution in [1.82, 2.24) is 10.2 Å². The van der Waals surface area contributed by atoms with Crippen molar-refractivity contribution in [3.63, 3.8) is 0 Å². The number of nitrogens with one attached hydrogen (secondary N) is 1. The molecule has 102 valence electrons. The molecule has 5 nitrogen and oxygen atoms in total. The molecule has 0 aromatic heterocycles. The molecule has 2 fully saturated rings. The van der Waals surface area contributed by atoms with Crippen LogP contribution in [0.15, 0.2) is 0 Å². The molecule has 0 radical (unpaired) electrons. The van der Waals surface area contributed by atoms with E-state index >= 15 is 0 Å². The van der Waals surface area contributed by atoms with Crippen LogP contribution in [0.1, 0.15) is 32.6 Å². The Morgan fingerprint density at radius 2 is 2.22 bits per heavy atom. The summed E-state index contributed by atoms with van der Waals surface area (Å²) in [4.78, 5) is 25.0. The van der Waals surface area contributed by atoms with Crippen LogP contribution < -0.4 is 5.32 Å². The highest BCUT2D eigenvalue weighted by Crippen LogP contribution is 2.29. The standard InChI is InChI=1S/C12H20N2O3S/c1-12(10(15)16)5-3-6-14(12)11(17)13-9-4-2-7-18-8-9/h9H,2-8H2,1H3,(H,13,17)(H,15,16). The average Bonchev–Trinajstić information content (AvgIpc) is 2.74. The number of carbonyl (C=O) groups excluding carboxylic acids is 1. The van der Waals surface area contributed by atoms with Crippen LogP contribution in [-0.2, 0) is 4.79 Å². The lowest BCUT2D eigenvalue weighted by Crippen LogP contribution is -2.56. The third kappa shape index (κ3) is 2.58. The Kier molecular flexibility index (Phi) is 4.04. The number of hydrogen-bond donors (Lipinski definition) is 2. The molecule has 2 N–H and O–H groups in total. The van der Waals surface area contributed by atoms with Gasteiger partial charge in [0.2, 0.25) is 0 Å². The first-order chi connectivity index (χ1) is 8.54. The zero-order valence-electron chi connectivity index (χ0n) is 10.6. The van der Waals surface area contributed by atoms with Crippen LogP contribution in [0.2, 0.25) is 0 Å². The lowest BCUT2D eigenvalue weighted by molar-refractivity contribution is -0.147. The van der Waals surface area contributed by atoms with Crippen molar-refractivity contribution >= 4 is 23.8 Å². The van der Waals surface area contributed by atoms with Crippen LogP contribution >= 0.6 is 11.8 Å². The number of carboxylic acids is 1. The molecule has 2 rings (SSSR count). The van der Waals surface area contributed by atoms with Gasteiger partial charge in [0, 0.05) is 18.3 Å². The number of thioether (sulfide) groups is 1. The lowest BCUT2D eigenvalue weighted by Gasteiger charge is -2.33. The molecule has 0 bridgehead atoms. The van der Waals surface area contributed by atoms with Crippen LogP contribution in [0.3, 0.4) is 0 Å². The topological polar surface area (TPSA) is 69.6 Å². The summed E-state index contributed by atoms with van der Waals surface area (Å²) in [6.45, 7) is 2.17. The molecule has 0 spiro atoms. The maximum atomic E-state index is 12.2. The molecule has 2 unspecified atom stereocenters. The third-order valence-corrected chi connectivity index (χ3v) is 5.05. The molecular weight excluding hydrogens is 252 g/mol. The molecule has 2 heterocycles. The Bertz CT molecular complexity index is 344. The Morgan fingerprint density at radius 1 is 1.44 bits per heavy atom. The first kappa shape index (κ1) is 13.5. The van der Waals surface area contributed by atoms with Crippen molar-refractivity contribution in [2.45, 2.75) is 44.2 Å². The van der Waals surface area contributed by atoms with Crippen molar-refractivity contribution in [3.8, 4) is 0 Å². The Balaban J connectivity index is 1.97. The summed E-state index contributed by atoms with van der Waals surface area (Å²) < 4.78 is 0. The fourth-order valence-electron chi connectivity index (χ4n) is 2.62. The highest BCUT2D eigenvalue weighted by atomic mass is 32.2. The summed E-state index contributed by atoms with van der Waals surface area (Å²) >= 11 is 1.84. The molecular formula is C12H20N2O3S. The number of likely N-dealkylation sites (tertiary alicyclic amines) is 1. The van der Waals surface area contributed by atoms with E-state index in [9.17, 15) is 14.7 Å². The van der Waals surface area contributed by atoms with Gasteiger partial charge in [0.1, 0.15) is 5.54 Å². The molecule has 2 saturated heterocycles. The number of hydrogen-bond acceptors (Lipinski definition) is 3. The van der Waals surface area contributed by atoms with E-state index in [1.807, 2.05) is 11.8 Å². The summed E-state index contributed by atoms with van der Waals surface area (Å²) in [6, 6.07) is -0.0280. The van der Waals surface area contributed by atoms with E-state index in [1.165, 1.54) is 4.90 Å². The zero-order valence-corrected chi connectivity index (χ0v) is 11.5. The van der Waals surface area contributed by atoms with Crippen molar-refractivity contribution in [1.29, 1.82) is 0 Å². The molecule has 0 saturated carbocycles. The van der Waals surface area contributed by atoms with E-state index in [2.05, 4.69) is 5.32 Å². The first-order valence-corrected chi connectivity index (χ1v) is 7.59. The van der Waals surface area contributed by atoms with Gasteiger partial charge in [0.05, 0.1) is 0 Å².